The maximum atomic E-state index is 3.85. The van der Waals surface area contributed by atoms with Crippen molar-refractivity contribution >= 4 is 0 Å². The van der Waals surface area contributed by atoms with E-state index >= 15 is 0 Å². The van der Waals surface area contributed by atoms with Crippen molar-refractivity contribution in [3.8, 4) is 0 Å². The lowest BCUT2D eigenvalue weighted by molar-refractivity contribution is 1.04. The molecule has 0 aliphatic carbocycles. The Bertz CT molecular complexity index is 244. The van der Waals surface area contributed by atoms with Gasteiger partial charge < -0.3 is 5.32 Å². The Kier molecular flexibility index (Phi) is 2.32. The van der Waals surface area contributed by atoms with Crippen LogP contribution in [-0.2, 0) is 0 Å². The topological polar surface area (TPSA) is 12.0 Å². The Morgan fingerprint density at radius 3 is 2.73 bits per heavy atom. The summed E-state index contributed by atoms with van der Waals surface area (Å²) in [6.45, 7) is 9.56. The van der Waals surface area contributed by atoms with Crippen molar-refractivity contribution < 1.29 is 0 Å². The van der Waals surface area contributed by atoms with E-state index in [1.807, 2.05) is 12.2 Å². The number of nitrogens with one attached hydrogen (secondary N) is 1. The van der Waals surface area contributed by atoms with Crippen molar-refractivity contribution in [1.82, 2.24) is 5.32 Å². The minimum Gasteiger partial charge on any atom is -0.359 e. The van der Waals surface area contributed by atoms with Gasteiger partial charge in [-0.15, -0.1) is 0 Å². The van der Waals surface area contributed by atoms with Gasteiger partial charge in [0.1, 0.15) is 0 Å². The number of hydrogen-bond donors (Lipinski definition) is 1. The molecule has 0 unspecified atom stereocenters. The molecule has 1 heteroatoms. The molecule has 1 aliphatic heterocycles. The maximum absolute atomic E-state index is 3.85. The fourth-order valence-corrected chi connectivity index (χ4v) is 1.10. The van der Waals surface area contributed by atoms with Gasteiger partial charge in [-0.1, -0.05) is 25.3 Å². The summed E-state index contributed by atoms with van der Waals surface area (Å²) in [6.07, 6.45) is 6.67. The molecule has 0 atom stereocenters. The van der Waals surface area contributed by atoms with Gasteiger partial charge in [-0.2, -0.15) is 0 Å². The van der Waals surface area contributed by atoms with Crippen LogP contribution in [0.2, 0.25) is 0 Å². The first-order chi connectivity index (χ1) is 5.24. The fourth-order valence-electron chi connectivity index (χ4n) is 1.10. The van der Waals surface area contributed by atoms with Crippen LogP contribution in [0.25, 0.3) is 0 Å². The van der Waals surface area contributed by atoms with E-state index in [1.165, 1.54) is 5.57 Å². The third-order valence-electron chi connectivity index (χ3n) is 1.65. The van der Waals surface area contributed by atoms with Gasteiger partial charge in [-0.3, -0.25) is 0 Å². The van der Waals surface area contributed by atoms with Crippen molar-refractivity contribution in [3.05, 3.63) is 48.4 Å². The molecule has 0 radical (unpaired) electrons. The number of hydrogen-bond acceptors (Lipinski definition) is 1. The summed E-state index contributed by atoms with van der Waals surface area (Å²) in [5.74, 6) is 0. The molecular weight excluding hydrogens is 134 g/mol. The summed E-state index contributed by atoms with van der Waals surface area (Å²) in [5.41, 5.74) is 3.58. The second-order valence-corrected chi connectivity index (χ2v) is 2.69. The van der Waals surface area contributed by atoms with E-state index < -0.39 is 0 Å². The average Bonchev–Trinajstić information content (AvgIpc) is 2.26. The van der Waals surface area contributed by atoms with E-state index in [-0.39, 0.29) is 0 Å². The van der Waals surface area contributed by atoms with Crippen LogP contribution in [0.4, 0.5) is 0 Å². The minimum atomic E-state index is 0.969. The predicted octanol–water partition coefficient (Wildman–Crippen LogP) is 2.51. The molecule has 0 spiro atoms. The van der Waals surface area contributed by atoms with Crippen molar-refractivity contribution in [3.63, 3.8) is 0 Å². The lowest BCUT2D eigenvalue weighted by Gasteiger charge is -1.96. The second-order valence-electron chi connectivity index (χ2n) is 2.69. The smallest absolute Gasteiger partial charge is 0.0374 e. The van der Waals surface area contributed by atoms with Gasteiger partial charge in [0.15, 0.2) is 0 Å². The molecule has 1 heterocycles. The summed E-state index contributed by atoms with van der Waals surface area (Å²) < 4.78 is 0. The molecule has 0 saturated heterocycles. The van der Waals surface area contributed by atoms with Crippen LogP contribution in [0.1, 0.15) is 13.3 Å². The minimum absolute atomic E-state index is 0.969. The predicted molar refractivity (Wildman–Crippen MR) is 48.9 cm³/mol. The van der Waals surface area contributed by atoms with Crippen LogP contribution >= 0.6 is 0 Å². The van der Waals surface area contributed by atoms with E-state index in [1.54, 1.807) is 6.08 Å². The van der Waals surface area contributed by atoms with Gasteiger partial charge in [0.25, 0.3) is 0 Å². The molecular formula is C10H13N. The van der Waals surface area contributed by atoms with Crippen LogP contribution in [0.5, 0.6) is 0 Å². The molecule has 0 saturated carbocycles. The Hall–Kier alpha value is -1.24. The fraction of sp³-hybridized carbons (Fsp3) is 0.200. The second kappa shape index (κ2) is 3.24. The van der Waals surface area contributed by atoms with Gasteiger partial charge >= 0.3 is 0 Å². The first-order valence-electron chi connectivity index (χ1n) is 3.67. The molecule has 1 aliphatic rings. The summed E-state index contributed by atoms with van der Waals surface area (Å²) in [5, 5.41) is 3.19. The van der Waals surface area contributed by atoms with Crippen LogP contribution in [0, 0.1) is 0 Å². The van der Waals surface area contributed by atoms with E-state index in [0.717, 1.165) is 17.8 Å². The van der Waals surface area contributed by atoms with E-state index in [2.05, 4.69) is 25.4 Å². The Labute approximate surface area is 67.8 Å². The highest BCUT2D eigenvalue weighted by Gasteiger charge is 2.09. The first kappa shape index (κ1) is 7.86. The Morgan fingerprint density at radius 2 is 2.27 bits per heavy atom. The van der Waals surface area contributed by atoms with Gasteiger partial charge in [0, 0.05) is 17.8 Å². The lowest BCUT2D eigenvalue weighted by Crippen LogP contribution is -2.01. The maximum Gasteiger partial charge on any atom is 0.0374 e. The molecule has 0 bridgehead atoms. The third kappa shape index (κ3) is 1.84. The Morgan fingerprint density at radius 1 is 1.55 bits per heavy atom. The standard InChI is InChI=1S/C10H13N/c1-4-5-6-10-8(2)7-9(3)11-10/h4-6,11H,1,3,7H2,2H3/b6-5-. The first-order valence-corrected chi connectivity index (χ1v) is 3.67. The SMILES string of the molecule is C=C/C=C\C1=C(C)CC(=C)N1. The average molecular weight is 147 g/mol. The van der Waals surface area contributed by atoms with E-state index in [9.17, 15) is 0 Å². The highest BCUT2D eigenvalue weighted by atomic mass is 14.9. The normalized spacial score (nSPS) is 17.7. The van der Waals surface area contributed by atoms with E-state index in [4.69, 9.17) is 0 Å². The molecule has 1 rings (SSSR count). The number of allylic oxidation sites excluding steroid dienone is 4. The molecule has 0 aromatic heterocycles. The van der Waals surface area contributed by atoms with Crippen LogP contribution < -0.4 is 5.32 Å². The summed E-state index contributed by atoms with van der Waals surface area (Å²) in [6, 6.07) is 0. The highest BCUT2D eigenvalue weighted by Crippen LogP contribution is 2.19. The van der Waals surface area contributed by atoms with Crippen molar-refractivity contribution in [2.75, 3.05) is 0 Å². The summed E-state index contributed by atoms with van der Waals surface area (Å²) in [4.78, 5) is 0. The molecule has 58 valence electrons. The van der Waals surface area contributed by atoms with E-state index in [0.29, 0.717) is 0 Å². The van der Waals surface area contributed by atoms with Crippen LogP contribution in [-0.4, -0.2) is 0 Å². The van der Waals surface area contributed by atoms with Gasteiger partial charge in [0.05, 0.1) is 0 Å². The molecule has 0 aromatic carbocycles. The zero-order valence-electron chi connectivity index (χ0n) is 6.85. The van der Waals surface area contributed by atoms with Gasteiger partial charge in [0.2, 0.25) is 0 Å². The Balaban J connectivity index is 2.71. The monoisotopic (exact) mass is 147 g/mol. The molecule has 1 nitrogen and oxygen atoms in total. The molecule has 1 N–H and O–H groups in total. The molecule has 0 fully saturated rings. The zero-order valence-corrected chi connectivity index (χ0v) is 6.85. The summed E-state index contributed by atoms with van der Waals surface area (Å²) >= 11 is 0. The zero-order chi connectivity index (χ0) is 8.27. The molecule has 0 aromatic rings. The van der Waals surface area contributed by atoms with Crippen LogP contribution in [0.3, 0.4) is 0 Å². The van der Waals surface area contributed by atoms with Crippen molar-refractivity contribution in [2.45, 2.75) is 13.3 Å². The van der Waals surface area contributed by atoms with Crippen LogP contribution in [0.15, 0.2) is 48.4 Å². The van der Waals surface area contributed by atoms with Gasteiger partial charge in [-0.25, -0.2) is 0 Å². The third-order valence-corrected chi connectivity index (χ3v) is 1.65. The number of rotatable bonds is 2. The summed E-state index contributed by atoms with van der Waals surface area (Å²) in [7, 11) is 0. The lowest BCUT2D eigenvalue weighted by atomic mass is 10.2. The van der Waals surface area contributed by atoms with Gasteiger partial charge in [-0.05, 0) is 18.6 Å². The quantitative estimate of drug-likeness (QED) is 0.592. The highest BCUT2D eigenvalue weighted by molar-refractivity contribution is 5.35. The van der Waals surface area contributed by atoms with Crippen molar-refractivity contribution in [1.29, 1.82) is 0 Å². The van der Waals surface area contributed by atoms with Crippen molar-refractivity contribution in [2.24, 2.45) is 0 Å². The molecule has 0 amide bonds. The largest absolute Gasteiger partial charge is 0.359 e. The molecule has 11 heavy (non-hydrogen) atoms.